The Balaban J connectivity index is 1.66. The summed E-state index contributed by atoms with van der Waals surface area (Å²) in [5, 5.41) is 0. The molecule has 1 aliphatic rings. The molecule has 10 heteroatoms. The van der Waals surface area contributed by atoms with E-state index in [-0.39, 0.29) is 37.4 Å². The van der Waals surface area contributed by atoms with Crippen LogP contribution < -0.4 is 5.43 Å². The summed E-state index contributed by atoms with van der Waals surface area (Å²) in [6.45, 7) is 4.08. The topological polar surface area (TPSA) is 80.6 Å². The van der Waals surface area contributed by atoms with Gasteiger partial charge in [0.05, 0.1) is 24.1 Å². The highest BCUT2D eigenvalue weighted by Crippen LogP contribution is 2.41. The van der Waals surface area contributed by atoms with Crippen molar-refractivity contribution in [3.63, 3.8) is 0 Å². The van der Waals surface area contributed by atoms with Crippen molar-refractivity contribution in [3.05, 3.63) is 89.2 Å². The number of hydrogen-bond acceptors (Lipinski definition) is 5. The highest BCUT2D eigenvalue weighted by Gasteiger charge is 2.41. The van der Waals surface area contributed by atoms with Gasteiger partial charge < -0.3 is 10.2 Å². The maximum Gasteiger partial charge on any atom is 0.356 e. The van der Waals surface area contributed by atoms with Gasteiger partial charge in [-0.25, -0.2) is 22.0 Å². The third-order valence-electron chi connectivity index (χ3n) is 6.67. The molecule has 7 nitrogen and oxygen atoms in total. The zero-order chi connectivity index (χ0) is 26.6. The number of benzene rings is 2. The zero-order valence-electron chi connectivity index (χ0n) is 20.8. The molecule has 0 radical (unpaired) electrons. The fourth-order valence-corrected chi connectivity index (χ4v) is 6.33. The van der Waals surface area contributed by atoms with Crippen molar-refractivity contribution in [2.45, 2.75) is 50.6 Å². The number of rotatable bonds is 9. The van der Waals surface area contributed by atoms with Gasteiger partial charge in [0.25, 0.3) is 0 Å². The van der Waals surface area contributed by atoms with Crippen LogP contribution >= 0.6 is 0 Å². The number of carbonyl (C=O) groups is 1. The highest BCUT2D eigenvalue weighted by molar-refractivity contribution is 7.89. The van der Waals surface area contributed by atoms with Crippen LogP contribution in [0.1, 0.15) is 53.0 Å². The number of ether oxygens (including phenoxy) is 1. The van der Waals surface area contributed by atoms with Gasteiger partial charge in [-0.3, -0.25) is 4.68 Å². The summed E-state index contributed by atoms with van der Waals surface area (Å²) in [7, 11) is -3.92. The molecule has 2 atom stereocenters. The zero-order valence-corrected chi connectivity index (χ0v) is 21.6. The smallest absolute Gasteiger partial charge is 0.356 e. The first-order valence-electron chi connectivity index (χ1n) is 12.2. The van der Waals surface area contributed by atoms with E-state index in [1.54, 1.807) is 66.3 Å². The van der Waals surface area contributed by atoms with E-state index >= 15 is 0 Å². The van der Waals surface area contributed by atoms with Gasteiger partial charge in [-0.05, 0) is 62.1 Å². The molecule has 2 aromatic carbocycles. The quantitative estimate of drug-likeness (QED) is 0.388. The van der Waals surface area contributed by atoms with E-state index in [1.165, 1.54) is 4.31 Å². The van der Waals surface area contributed by atoms with Crippen LogP contribution in [0.3, 0.4) is 0 Å². The number of piperidine rings is 1. The van der Waals surface area contributed by atoms with Gasteiger partial charge in [-0.2, -0.15) is 4.31 Å². The largest absolute Gasteiger partial charge is 0.461 e. The van der Waals surface area contributed by atoms with Crippen LogP contribution in [0.2, 0.25) is 0 Å². The second-order valence-electron chi connectivity index (χ2n) is 9.08. The van der Waals surface area contributed by atoms with Crippen molar-refractivity contribution < 1.29 is 26.7 Å². The Morgan fingerprint density at radius 1 is 1.11 bits per heavy atom. The Morgan fingerprint density at radius 2 is 1.84 bits per heavy atom. The Bertz CT molecular complexity index is 1330. The molecule has 1 saturated heterocycles. The number of aryl methyl sites for hydroxylation is 1. The van der Waals surface area contributed by atoms with Gasteiger partial charge in [0, 0.05) is 18.7 Å². The normalized spacial score (nSPS) is 18.6. The van der Waals surface area contributed by atoms with Crippen LogP contribution in [-0.2, 0) is 21.3 Å². The van der Waals surface area contributed by atoms with Gasteiger partial charge in [0.2, 0.25) is 16.4 Å². The number of halogens is 2. The SMILES string of the molecule is CCOC(=O)c1cccn1NCc1ccccc1C1CC(C(F)F)CCN1S(=O)(=O)c1ccc(C)cc1. The molecule has 1 N–H and O–H groups in total. The van der Waals surface area contributed by atoms with E-state index in [0.717, 1.165) is 11.1 Å². The fraction of sp³-hybridized carbons (Fsp3) is 0.370. The average Bonchev–Trinajstić information content (AvgIpc) is 3.36. The monoisotopic (exact) mass is 531 g/mol. The van der Waals surface area contributed by atoms with Gasteiger partial charge >= 0.3 is 5.97 Å². The molecular formula is C27H31F2N3O4S. The average molecular weight is 532 g/mol. The van der Waals surface area contributed by atoms with Crippen LogP contribution in [0.5, 0.6) is 0 Å². The fourth-order valence-electron chi connectivity index (χ4n) is 4.70. The van der Waals surface area contributed by atoms with E-state index in [2.05, 4.69) is 5.43 Å². The summed E-state index contributed by atoms with van der Waals surface area (Å²) in [6, 6.07) is 16.3. The molecule has 1 aromatic heterocycles. The third kappa shape index (κ3) is 5.86. The van der Waals surface area contributed by atoms with Gasteiger partial charge in [0.1, 0.15) is 5.69 Å². The lowest BCUT2D eigenvalue weighted by atomic mass is 9.87. The summed E-state index contributed by atoms with van der Waals surface area (Å²) < 4.78 is 62.9. The Morgan fingerprint density at radius 3 is 2.54 bits per heavy atom. The molecule has 1 fully saturated rings. The van der Waals surface area contributed by atoms with Crippen LogP contribution in [0.4, 0.5) is 8.78 Å². The number of aromatic nitrogens is 1. The number of alkyl halides is 2. The van der Waals surface area contributed by atoms with Crippen molar-refractivity contribution in [2.75, 3.05) is 18.6 Å². The molecule has 198 valence electrons. The summed E-state index contributed by atoms with van der Waals surface area (Å²) in [6.07, 6.45) is -0.760. The number of nitrogens with one attached hydrogen (secondary N) is 1. The molecule has 1 aliphatic heterocycles. The number of nitrogens with zero attached hydrogens (tertiary/aromatic N) is 2. The Kier molecular flexibility index (Phi) is 8.29. The molecule has 2 heterocycles. The molecule has 4 rings (SSSR count). The minimum atomic E-state index is -3.92. The van der Waals surface area contributed by atoms with Gasteiger partial charge in [-0.1, -0.05) is 42.0 Å². The van der Waals surface area contributed by atoms with E-state index < -0.39 is 34.4 Å². The van der Waals surface area contributed by atoms with Crippen molar-refractivity contribution in [1.29, 1.82) is 0 Å². The number of esters is 1. The molecule has 3 aromatic rings. The lowest BCUT2D eigenvalue weighted by molar-refractivity contribution is 0.0323. The molecular weight excluding hydrogens is 500 g/mol. The standard InChI is InChI=1S/C27H31F2N3O4S/c1-3-36-27(33)24-9-6-15-31(24)30-18-21-7-4-5-8-23(21)25-17-20(26(28)29)14-16-32(25)37(34,35)22-12-10-19(2)11-13-22/h4-13,15,20,25-26,30H,3,14,16-18H2,1-2H3. The summed E-state index contributed by atoms with van der Waals surface area (Å²) in [5.74, 6) is -1.38. The maximum atomic E-state index is 13.8. The second kappa shape index (κ2) is 11.4. The van der Waals surface area contributed by atoms with E-state index in [4.69, 9.17) is 4.74 Å². The van der Waals surface area contributed by atoms with Crippen LogP contribution in [0, 0.1) is 12.8 Å². The van der Waals surface area contributed by atoms with Crippen molar-refractivity contribution in [3.8, 4) is 0 Å². The highest BCUT2D eigenvalue weighted by atomic mass is 32.2. The minimum absolute atomic E-state index is 0.00224. The van der Waals surface area contributed by atoms with Crippen molar-refractivity contribution in [2.24, 2.45) is 5.92 Å². The molecule has 0 amide bonds. The van der Waals surface area contributed by atoms with Crippen molar-refractivity contribution in [1.82, 2.24) is 8.98 Å². The minimum Gasteiger partial charge on any atom is -0.461 e. The Hall–Kier alpha value is -3.24. The maximum absolute atomic E-state index is 13.8. The lowest BCUT2D eigenvalue weighted by Crippen LogP contribution is -2.42. The second-order valence-corrected chi connectivity index (χ2v) is 11.0. The number of carbonyl (C=O) groups excluding carboxylic acids is 1. The molecule has 0 spiro atoms. The molecule has 0 saturated carbocycles. The molecule has 2 unspecified atom stereocenters. The lowest BCUT2D eigenvalue weighted by Gasteiger charge is -2.39. The number of sulfonamides is 1. The van der Waals surface area contributed by atoms with E-state index in [1.807, 2.05) is 19.1 Å². The molecule has 0 bridgehead atoms. The predicted octanol–water partition coefficient (Wildman–Crippen LogP) is 5.12. The van der Waals surface area contributed by atoms with Crippen LogP contribution in [-0.4, -0.2) is 42.9 Å². The first kappa shape index (κ1) is 26.8. The molecule has 0 aliphatic carbocycles. The van der Waals surface area contributed by atoms with Crippen molar-refractivity contribution >= 4 is 16.0 Å². The van der Waals surface area contributed by atoms with Crippen LogP contribution in [0.15, 0.2) is 71.8 Å². The van der Waals surface area contributed by atoms with Crippen LogP contribution in [0.25, 0.3) is 0 Å². The van der Waals surface area contributed by atoms with Gasteiger partial charge in [0.15, 0.2) is 0 Å². The van der Waals surface area contributed by atoms with E-state index in [0.29, 0.717) is 11.3 Å². The van der Waals surface area contributed by atoms with E-state index in [9.17, 15) is 22.0 Å². The Labute approximate surface area is 216 Å². The number of hydrogen-bond donors (Lipinski definition) is 1. The summed E-state index contributed by atoms with van der Waals surface area (Å²) in [5.41, 5.74) is 5.80. The summed E-state index contributed by atoms with van der Waals surface area (Å²) >= 11 is 0. The first-order chi connectivity index (χ1) is 17.7. The predicted molar refractivity (Wildman–Crippen MR) is 136 cm³/mol. The summed E-state index contributed by atoms with van der Waals surface area (Å²) in [4.78, 5) is 12.4. The molecule has 37 heavy (non-hydrogen) atoms. The van der Waals surface area contributed by atoms with Gasteiger partial charge in [-0.15, -0.1) is 0 Å². The third-order valence-corrected chi connectivity index (χ3v) is 8.59. The first-order valence-corrected chi connectivity index (χ1v) is 13.7.